The van der Waals surface area contributed by atoms with Crippen LogP contribution in [-0.2, 0) is 11.3 Å². The smallest absolute Gasteiger partial charge is 0.318 e. The second-order valence-electron chi connectivity index (χ2n) is 6.31. The Morgan fingerprint density at radius 2 is 2.22 bits per heavy atom. The lowest BCUT2D eigenvalue weighted by atomic mass is 10.1. The molecule has 1 atom stereocenters. The fraction of sp³-hybridized carbons (Fsp3) is 0.444. The molecular formula is C18H24N6O3. The molecule has 144 valence electrons. The summed E-state index contributed by atoms with van der Waals surface area (Å²) in [5.74, 6) is 0.591. The van der Waals surface area contributed by atoms with Crippen LogP contribution in [0, 0.1) is 0 Å². The molecule has 3 rings (SSSR count). The number of benzene rings is 1. The number of amides is 3. The summed E-state index contributed by atoms with van der Waals surface area (Å²) in [7, 11) is 1.59. The van der Waals surface area contributed by atoms with Crippen LogP contribution in [0.5, 0.6) is 5.75 Å². The molecule has 1 aliphatic rings. The van der Waals surface area contributed by atoms with Gasteiger partial charge in [-0.2, -0.15) is 0 Å². The second kappa shape index (κ2) is 8.52. The van der Waals surface area contributed by atoms with Gasteiger partial charge in [0.05, 0.1) is 13.3 Å². The molecule has 0 aliphatic carbocycles. The molecule has 9 heteroatoms. The standard InChI is InChI=1S/C18H24N6O3/c1-14-17(25)24(15-5-3-6-16(13-15)27-2)12-11-23(14)18(26)19-7-4-9-22-10-8-20-21-22/h3,5-6,8,10,13-14H,4,7,9,11-12H2,1-2H3,(H,19,26)/t14-/m0/s1. The minimum absolute atomic E-state index is 0.104. The quantitative estimate of drug-likeness (QED) is 0.767. The average molecular weight is 372 g/mol. The maximum atomic E-state index is 12.8. The number of carbonyl (C=O) groups excluding carboxylic acids is 2. The van der Waals surface area contributed by atoms with Gasteiger partial charge in [0, 0.05) is 44.1 Å². The molecule has 1 saturated heterocycles. The number of anilines is 1. The lowest BCUT2D eigenvalue weighted by Crippen LogP contribution is -2.59. The topological polar surface area (TPSA) is 92.6 Å². The molecule has 27 heavy (non-hydrogen) atoms. The van der Waals surface area contributed by atoms with E-state index >= 15 is 0 Å². The van der Waals surface area contributed by atoms with E-state index < -0.39 is 6.04 Å². The number of ether oxygens (including phenoxy) is 1. The number of piperazine rings is 1. The lowest BCUT2D eigenvalue weighted by molar-refractivity contribution is -0.124. The van der Waals surface area contributed by atoms with E-state index in [4.69, 9.17) is 4.74 Å². The van der Waals surface area contributed by atoms with Gasteiger partial charge in [-0.15, -0.1) is 5.10 Å². The number of hydrogen-bond acceptors (Lipinski definition) is 5. The summed E-state index contributed by atoms with van der Waals surface area (Å²) in [5, 5.41) is 10.5. The van der Waals surface area contributed by atoms with Gasteiger partial charge in [0.15, 0.2) is 0 Å². The van der Waals surface area contributed by atoms with Crippen molar-refractivity contribution in [3.63, 3.8) is 0 Å². The predicted molar refractivity (Wildman–Crippen MR) is 99.6 cm³/mol. The minimum Gasteiger partial charge on any atom is -0.497 e. The molecule has 0 unspecified atom stereocenters. The number of hydrogen-bond donors (Lipinski definition) is 1. The molecule has 1 fully saturated rings. The Labute approximate surface area is 157 Å². The minimum atomic E-state index is -0.528. The van der Waals surface area contributed by atoms with E-state index in [1.165, 1.54) is 0 Å². The first-order valence-electron chi connectivity index (χ1n) is 8.94. The zero-order valence-corrected chi connectivity index (χ0v) is 15.5. The fourth-order valence-corrected chi connectivity index (χ4v) is 3.07. The fourth-order valence-electron chi connectivity index (χ4n) is 3.07. The van der Waals surface area contributed by atoms with Gasteiger partial charge in [-0.25, -0.2) is 4.79 Å². The van der Waals surface area contributed by atoms with Gasteiger partial charge >= 0.3 is 6.03 Å². The van der Waals surface area contributed by atoms with E-state index in [2.05, 4.69) is 15.6 Å². The van der Waals surface area contributed by atoms with Crippen LogP contribution in [-0.4, -0.2) is 64.6 Å². The molecule has 1 N–H and O–H groups in total. The highest BCUT2D eigenvalue weighted by Gasteiger charge is 2.34. The molecule has 1 aromatic carbocycles. The van der Waals surface area contributed by atoms with Crippen molar-refractivity contribution in [1.29, 1.82) is 0 Å². The molecule has 1 aromatic heterocycles. The highest BCUT2D eigenvalue weighted by atomic mass is 16.5. The van der Waals surface area contributed by atoms with Crippen molar-refractivity contribution in [3.05, 3.63) is 36.7 Å². The van der Waals surface area contributed by atoms with Crippen molar-refractivity contribution >= 4 is 17.6 Å². The van der Waals surface area contributed by atoms with E-state index in [9.17, 15) is 9.59 Å². The van der Waals surface area contributed by atoms with E-state index in [-0.39, 0.29) is 11.9 Å². The molecular weight excluding hydrogens is 348 g/mol. The highest BCUT2D eigenvalue weighted by Crippen LogP contribution is 2.24. The van der Waals surface area contributed by atoms with Crippen molar-refractivity contribution in [2.24, 2.45) is 0 Å². The third-order valence-electron chi connectivity index (χ3n) is 4.59. The SMILES string of the molecule is COc1cccc(N2CCN(C(=O)NCCCn3ccnn3)[C@@H](C)C2=O)c1. The van der Waals surface area contributed by atoms with Crippen LogP contribution in [0.1, 0.15) is 13.3 Å². The van der Waals surface area contributed by atoms with Gasteiger partial charge in [0.2, 0.25) is 5.91 Å². The van der Waals surface area contributed by atoms with Crippen molar-refractivity contribution in [3.8, 4) is 5.75 Å². The van der Waals surface area contributed by atoms with E-state index in [1.807, 2.05) is 24.3 Å². The van der Waals surface area contributed by atoms with E-state index in [0.717, 1.165) is 12.1 Å². The molecule has 0 saturated carbocycles. The Hall–Kier alpha value is -3.10. The summed E-state index contributed by atoms with van der Waals surface area (Å²) < 4.78 is 6.94. The van der Waals surface area contributed by atoms with E-state index in [0.29, 0.717) is 31.9 Å². The number of methoxy groups -OCH3 is 1. The number of aryl methyl sites for hydroxylation is 1. The molecule has 0 radical (unpaired) electrons. The molecule has 1 aliphatic heterocycles. The number of carbonyl (C=O) groups is 2. The lowest BCUT2D eigenvalue weighted by Gasteiger charge is -2.39. The van der Waals surface area contributed by atoms with Gasteiger partial charge in [0.1, 0.15) is 11.8 Å². The van der Waals surface area contributed by atoms with Crippen LogP contribution < -0.4 is 15.0 Å². The van der Waals surface area contributed by atoms with Gasteiger partial charge in [-0.05, 0) is 25.5 Å². The van der Waals surface area contributed by atoms with Crippen LogP contribution in [0.2, 0.25) is 0 Å². The summed E-state index contributed by atoms with van der Waals surface area (Å²) >= 11 is 0. The summed E-state index contributed by atoms with van der Waals surface area (Å²) in [5.41, 5.74) is 0.777. The summed E-state index contributed by atoms with van der Waals surface area (Å²) in [6.45, 7) is 3.86. The summed E-state index contributed by atoms with van der Waals surface area (Å²) in [6, 6.07) is 6.62. The summed E-state index contributed by atoms with van der Waals surface area (Å²) in [6.07, 6.45) is 4.13. The molecule has 0 spiro atoms. The molecule has 2 aromatic rings. The molecule has 3 amide bonds. The van der Waals surface area contributed by atoms with Crippen molar-refractivity contribution in [2.75, 3.05) is 31.6 Å². The van der Waals surface area contributed by atoms with Crippen molar-refractivity contribution in [2.45, 2.75) is 25.9 Å². The average Bonchev–Trinajstić information content (AvgIpc) is 3.20. The van der Waals surface area contributed by atoms with Gasteiger partial charge in [0.25, 0.3) is 0 Å². The van der Waals surface area contributed by atoms with Gasteiger partial charge in [-0.3, -0.25) is 9.48 Å². The number of nitrogens with zero attached hydrogens (tertiary/aromatic N) is 5. The normalized spacial score (nSPS) is 17.1. The summed E-state index contributed by atoms with van der Waals surface area (Å²) in [4.78, 5) is 28.5. The third-order valence-corrected chi connectivity index (χ3v) is 4.59. The van der Waals surface area contributed by atoms with Crippen LogP contribution in [0.25, 0.3) is 0 Å². The van der Waals surface area contributed by atoms with Crippen LogP contribution in [0.4, 0.5) is 10.5 Å². The van der Waals surface area contributed by atoms with Crippen LogP contribution in [0.15, 0.2) is 36.7 Å². The first-order chi connectivity index (χ1) is 13.1. The van der Waals surface area contributed by atoms with Crippen LogP contribution in [0.3, 0.4) is 0 Å². The Bertz CT molecular complexity index is 779. The zero-order chi connectivity index (χ0) is 19.2. The maximum absolute atomic E-state index is 12.8. The second-order valence-corrected chi connectivity index (χ2v) is 6.31. The molecule has 9 nitrogen and oxygen atoms in total. The van der Waals surface area contributed by atoms with Crippen LogP contribution >= 0.6 is 0 Å². The largest absolute Gasteiger partial charge is 0.497 e. The Morgan fingerprint density at radius 1 is 1.37 bits per heavy atom. The Balaban J connectivity index is 1.53. The van der Waals surface area contributed by atoms with Gasteiger partial charge < -0.3 is 19.9 Å². The van der Waals surface area contributed by atoms with Crippen molar-refractivity contribution < 1.29 is 14.3 Å². The van der Waals surface area contributed by atoms with Crippen molar-refractivity contribution in [1.82, 2.24) is 25.2 Å². The first-order valence-corrected chi connectivity index (χ1v) is 8.94. The monoisotopic (exact) mass is 372 g/mol. The Morgan fingerprint density at radius 3 is 2.96 bits per heavy atom. The molecule has 0 bridgehead atoms. The molecule has 2 heterocycles. The van der Waals surface area contributed by atoms with Gasteiger partial charge in [-0.1, -0.05) is 11.3 Å². The number of aromatic nitrogens is 3. The van der Waals surface area contributed by atoms with E-state index in [1.54, 1.807) is 40.9 Å². The zero-order valence-electron chi connectivity index (χ0n) is 15.5. The number of urea groups is 1. The first kappa shape index (κ1) is 18.7. The predicted octanol–water partition coefficient (Wildman–Crippen LogP) is 1.12. The number of nitrogens with one attached hydrogen (secondary N) is 1. The third kappa shape index (κ3) is 4.36. The highest BCUT2D eigenvalue weighted by molar-refractivity contribution is 6.00. The Kier molecular flexibility index (Phi) is 5.90. The number of rotatable bonds is 6. The maximum Gasteiger partial charge on any atom is 0.318 e.